The van der Waals surface area contributed by atoms with E-state index in [4.69, 9.17) is 4.74 Å². The lowest BCUT2D eigenvalue weighted by atomic mass is 10.1. The highest BCUT2D eigenvalue weighted by atomic mass is 16.5. The van der Waals surface area contributed by atoms with Crippen LogP contribution in [-0.4, -0.2) is 51.2 Å². The standard InChI is InChI=1S/C20H23N3O3/c24-19(21-9-10-23-11-13-26-14-12-23)17-7-4-8-18(15-17)22-20(25)16-5-2-1-3-6-16/h1-8,15H,9-14H2,(H,21,24)(H,22,25)/p+1. The number of nitrogens with one attached hydrogen (secondary N) is 3. The van der Waals surface area contributed by atoms with Gasteiger partial charge in [-0.15, -0.1) is 0 Å². The van der Waals surface area contributed by atoms with Crippen LogP contribution in [0.3, 0.4) is 0 Å². The van der Waals surface area contributed by atoms with Crippen LogP contribution in [-0.2, 0) is 4.74 Å². The van der Waals surface area contributed by atoms with Gasteiger partial charge in [-0.3, -0.25) is 9.59 Å². The first-order valence-electron chi connectivity index (χ1n) is 8.88. The van der Waals surface area contributed by atoms with Gasteiger partial charge in [-0.1, -0.05) is 24.3 Å². The summed E-state index contributed by atoms with van der Waals surface area (Å²) in [6, 6.07) is 16.0. The van der Waals surface area contributed by atoms with Crippen molar-refractivity contribution in [2.75, 3.05) is 44.7 Å². The Kier molecular flexibility index (Phi) is 6.35. The summed E-state index contributed by atoms with van der Waals surface area (Å²) in [6.45, 7) is 5.04. The molecule has 0 spiro atoms. The third kappa shape index (κ3) is 5.15. The fraction of sp³-hybridized carbons (Fsp3) is 0.300. The molecule has 0 saturated carbocycles. The molecule has 2 aromatic carbocycles. The lowest BCUT2D eigenvalue weighted by Gasteiger charge is -2.23. The highest BCUT2D eigenvalue weighted by molar-refractivity contribution is 6.05. The fourth-order valence-corrected chi connectivity index (χ4v) is 2.90. The number of anilines is 1. The zero-order valence-electron chi connectivity index (χ0n) is 14.7. The average Bonchev–Trinajstić information content (AvgIpc) is 2.69. The lowest BCUT2D eigenvalue weighted by Crippen LogP contribution is -3.14. The van der Waals surface area contributed by atoms with Crippen molar-refractivity contribution >= 4 is 17.5 Å². The van der Waals surface area contributed by atoms with Crippen molar-refractivity contribution in [2.24, 2.45) is 0 Å². The summed E-state index contributed by atoms with van der Waals surface area (Å²) in [7, 11) is 0. The number of morpholine rings is 1. The van der Waals surface area contributed by atoms with Gasteiger partial charge in [0.15, 0.2) is 0 Å². The van der Waals surface area contributed by atoms with Gasteiger partial charge in [0.05, 0.1) is 26.3 Å². The maximum absolute atomic E-state index is 12.3. The first kappa shape index (κ1) is 18.1. The summed E-state index contributed by atoms with van der Waals surface area (Å²) < 4.78 is 5.33. The van der Waals surface area contributed by atoms with Crippen LogP contribution in [0.4, 0.5) is 5.69 Å². The molecule has 0 unspecified atom stereocenters. The Labute approximate surface area is 153 Å². The van der Waals surface area contributed by atoms with E-state index in [2.05, 4.69) is 10.6 Å². The third-order valence-electron chi connectivity index (χ3n) is 4.38. The number of benzene rings is 2. The summed E-state index contributed by atoms with van der Waals surface area (Å²) in [4.78, 5) is 26.0. The molecule has 136 valence electrons. The molecule has 2 amide bonds. The molecule has 0 atom stereocenters. The minimum absolute atomic E-state index is 0.131. The van der Waals surface area contributed by atoms with Crippen LogP contribution in [0.1, 0.15) is 20.7 Å². The zero-order valence-corrected chi connectivity index (χ0v) is 14.7. The SMILES string of the molecule is O=C(NCC[NH+]1CCOCC1)c1cccc(NC(=O)c2ccccc2)c1. The molecule has 3 rings (SSSR count). The van der Waals surface area contributed by atoms with Crippen molar-refractivity contribution in [2.45, 2.75) is 0 Å². The monoisotopic (exact) mass is 354 g/mol. The van der Waals surface area contributed by atoms with Gasteiger partial charge < -0.3 is 20.3 Å². The highest BCUT2D eigenvalue weighted by Crippen LogP contribution is 2.12. The van der Waals surface area contributed by atoms with E-state index in [0.717, 1.165) is 32.8 Å². The predicted octanol–water partition coefficient (Wildman–Crippen LogP) is 0.584. The fourth-order valence-electron chi connectivity index (χ4n) is 2.90. The average molecular weight is 354 g/mol. The number of rotatable bonds is 6. The van der Waals surface area contributed by atoms with Crippen LogP contribution in [0.15, 0.2) is 54.6 Å². The summed E-state index contributed by atoms with van der Waals surface area (Å²) in [5, 5.41) is 5.77. The van der Waals surface area contributed by atoms with Gasteiger partial charge in [0.2, 0.25) is 0 Å². The number of hydrogen-bond donors (Lipinski definition) is 3. The van der Waals surface area contributed by atoms with Crippen LogP contribution in [0.2, 0.25) is 0 Å². The molecule has 2 aromatic rings. The molecule has 0 radical (unpaired) electrons. The Balaban J connectivity index is 1.52. The van der Waals surface area contributed by atoms with Gasteiger partial charge in [0.1, 0.15) is 13.1 Å². The normalized spacial score (nSPS) is 14.6. The lowest BCUT2D eigenvalue weighted by molar-refractivity contribution is -0.906. The van der Waals surface area contributed by atoms with Gasteiger partial charge in [-0.25, -0.2) is 0 Å². The van der Waals surface area contributed by atoms with Crippen LogP contribution in [0, 0.1) is 0 Å². The largest absolute Gasteiger partial charge is 0.370 e. The third-order valence-corrected chi connectivity index (χ3v) is 4.38. The topological polar surface area (TPSA) is 71.9 Å². The molecule has 3 N–H and O–H groups in total. The molecular formula is C20H24N3O3+. The van der Waals surface area contributed by atoms with Crippen molar-refractivity contribution < 1.29 is 19.2 Å². The highest BCUT2D eigenvalue weighted by Gasteiger charge is 2.14. The summed E-state index contributed by atoms with van der Waals surface area (Å²) >= 11 is 0. The van der Waals surface area contributed by atoms with Crippen LogP contribution >= 0.6 is 0 Å². The van der Waals surface area contributed by atoms with E-state index in [-0.39, 0.29) is 11.8 Å². The summed E-state index contributed by atoms with van der Waals surface area (Å²) in [5.74, 6) is -0.326. The number of carbonyl (C=O) groups is 2. The first-order valence-corrected chi connectivity index (χ1v) is 8.88. The van der Waals surface area contributed by atoms with E-state index >= 15 is 0 Å². The van der Waals surface area contributed by atoms with Crippen molar-refractivity contribution in [3.05, 3.63) is 65.7 Å². The Bertz CT molecular complexity index is 743. The second-order valence-corrected chi connectivity index (χ2v) is 6.27. The maximum Gasteiger partial charge on any atom is 0.255 e. The molecule has 6 nitrogen and oxygen atoms in total. The number of quaternary nitrogens is 1. The van der Waals surface area contributed by atoms with Gasteiger partial charge in [0.25, 0.3) is 11.8 Å². The zero-order chi connectivity index (χ0) is 18.2. The minimum atomic E-state index is -0.195. The van der Waals surface area contributed by atoms with E-state index in [9.17, 15) is 9.59 Å². The molecule has 0 aliphatic carbocycles. The molecule has 0 bridgehead atoms. The van der Waals surface area contributed by atoms with E-state index in [1.165, 1.54) is 4.90 Å². The first-order chi connectivity index (χ1) is 12.7. The second kappa shape index (κ2) is 9.12. The molecule has 1 aliphatic heterocycles. The van der Waals surface area contributed by atoms with E-state index in [0.29, 0.717) is 23.4 Å². The molecule has 1 fully saturated rings. The maximum atomic E-state index is 12.3. The molecule has 26 heavy (non-hydrogen) atoms. The van der Waals surface area contributed by atoms with Crippen molar-refractivity contribution in [3.63, 3.8) is 0 Å². The Morgan fingerprint density at radius 1 is 0.923 bits per heavy atom. The van der Waals surface area contributed by atoms with Gasteiger partial charge in [-0.05, 0) is 30.3 Å². The quantitative estimate of drug-likeness (QED) is 0.711. The van der Waals surface area contributed by atoms with Crippen LogP contribution in [0.25, 0.3) is 0 Å². The Morgan fingerprint density at radius 2 is 1.65 bits per heavy atom. The molecule has 1 aliphatic rings. The predicted molar refractivity (Wildman–Crippen MR) is 99.6 cm³/mol. The number of hydrogen-bond acceptors (Lipinski definition) is 3. The van der Waals surface area contributed by atoms with E-state index < -0.39 is 0 Å². The van der Waals surface area contributed by atoms with E-state index in [1.54, 1.807) is 36.4 Å². The Hall–Kier alpha value is -2.70. The van der Waals surface area contributed by atoms with Crippen LogP contribution in [0.5, 0.6) is 0 Å². The molecule has 1 heterocycles. The van der Waals surface area contributed by atoms with Crippen molar-refractivity contribution in [1.82, 2.24) is 5.32 Å². The molecule has 1 saturated heterocycles. The Morgan fingerprint density at radius 3 is 2.42 bits per heavy atom. The smallest absolute Gasteiger partial charge is 0.255 e. The summed E-state index contributed by atoms with van der Waals surface area (Å²) in [6.07, 6.45) is 0. The number of amides is 2. The minimum Gasteiger partial charge on any atom is -0.370 e. The van der Waals surface area contributed by atoms with Gasteiger partial charge >= 0.3 is 0 Å². The molecule has 6 heteroatoms. The van der Waals surface area contributed by atoms with Crippen molar-refractivity contribution in [1.29, 1.82) is 0 Å². The van der Waals surface area contributed by atoms with E-state index in [1.807, 2.05) is 18.2 Å². The van der Waals surface area contributed by atoms with Gasteiger partial charge in [0, 0.05) is 16.8 Å². The molecular weight excluding hydrogens is 330 g/mol. The molecule has 0 aromatic heterocycles. The van der Waals surface area contributed by atoms with Crippen LogP contribution < -0.4 is 15.5 Å². The second-order valence-electron chi connectivity index (χ2n) is 6.27. The number of carbonyl (C=O) groups excluding carboxylic acids is 2. The van der Waals surface area contributed by atoms with Gasteiger partial charge in [-0.2, -0.15) is 0 Å². The summed E-state index contributed by atoms with van der Waals surface area (Å²) in [5.41, 5.74) is 1.72. The van der Waals surface area contributed by atoms with Crippen molar-refractivity contribution in [3.8, 4) is 0 Å². The number of ether oxygens (including phenoxy) is 1.